The second kappa shape index (κ2) is 6.37. The predicted octanol–water partition coefficient (Wildman–Crippen LogP) is -8.13. The van der Waals surface area contributed by atoms with Gasteiger partial charge in [0, 0.05) is 0 Å². The Labute approximate surface area is 91.9 Å². The molecule has 0 unspecified atom stereocenters. The third kappa shape index (κ3) is 63.6. The molecule has 0 heterocycles. The predicted molar refractivity (Wildman–Crippen MR) is 5.75 cm³/mol. The fourth-order valence-corrected chi connectivity index (χ4v) is 0. The molecule has 4 nitrogen and oxygen atoms in total. The van der Waals surface area contributed by atoms with Crippen molar-refractivity contribution in [3.05, 3.63) is 0 Å². The van der Waals surface area contributed by atoms with Crippen LogP contribution in [0.5, 0.6) is 0 Å². The maximum Gasteiger partial charge on any atom is 3.00 e. The van der Waals surface area contributed by atoms with E-state index in [0.29, 0.717) is 0 Å². The van der Waals surface area contributed by atoms with E-state index in [9.17, 15) is 0 Å². The van der Waals surface area contributed by atoms with E-state index >= 15 is 0 Å². The molecule has 0 bridgehead atoms. The fourth-order valence-electron chi connectivity index (χ4n) is 0. The third-order valence-electron chi connectivity index (χ3n) is 0. The van der Waals surface area contributed by atoms with Crippen LogP contribution in [0, 0.1) is 35.6 Å². The first-order valence-electron chi connectivity index (χ1n) is 0.816. The van der Waals surface area contributed by atoms with Crippen molar-refractivity contribution in [1.82, 2.24) is 0 Å². The van der Waals surface area contributed by atoms with Crippen molar-refractivity contribution in [3.63, 3.8) is 0 Å². The average molecular weight is 254 g/mol. The van der Waals surface area contributed by atoms with E-state index in [1.165, 1.54) is 0 Å². The van der Waals surface area contributed by atoms with Gasteiger partial charge in [0.25, 0.3) is 0 Å². The molecule has 0 rings (SSSR count). The first kappa shape index (κ1) is 16.1. The Hall–Kier alpha value is 2.25. The van der Waals surface area contributed by atoms with Gasteiger partial charge in [-0.15, -0.1) is 0 Å². The van der Waals surface area contributed by atoms with Crippen LogP contribution in [-0.4, -0.2) is 9.05 Å². The average Bonchev–Trinajstić information content (AvgIpc) is 0.722. The van der Waals surface area contributed by atoms with Crippen LogP contribution in [0.1, 0.15) is 0 Å². The summed E-state index contributed by atoms with van der Waals surface area (Å²) in [5.41, 5.74) is 0. The van der Waals surface area contributed by atoms with E-state index in [-0.39, 0.29) is 65.2 Å². The van der Waals surface area contributed by atoms with Crippen molar-refractivity contribution in [2.45, 2.75) is 0 Å². The molecule has 0 aliphatic rings. The summed E-state index contributed by atoms with van der Waals surface area (Å²) in [4.78, 5) is 34.3. The molecule has 0 saturated carbocycles. The van der Waals surface area contributed by atoms with E-state index in [0.717, 1.165) is 0 Å². The molecular weight excluding hydrogens is 254 g/mol. The van der Waals surface area contributed by atoms with Crippen LogP contribution in [0.15, 0.2) is 0 Å². The van der Waals surface area contributed by atoms with E-state index in [1.54, 1.807) is 0 Å². The molecule has 7 heteroatoms. The van der Waals surface area contributed by atoms with Gasteiger partial charge in [-0.25, -0.2) is 0 Å². The Morgan fingerprint density at radius 3 is 0.857 bits per heavy atom. The van der Waals surface area contributed by atoms with Gasteiger partial charge >= 0.3 is 65.2 Å². The molecule has 0 radical (unpaired) electrons. The molecule has 0 aliphatic carbocycles. The number of rotatable bonds is 0. The van der Waals surface area contributed by atoms with E-state index in [4.69, 9.17) is 19.2 Å². The van der Waals surface area contributed by atoms with Gasteiger partial charge in [0.15, 0.2) is 0 Å². The molecule has 32 valence electrons. The minimum absolute atomic E-state index is 0. The standard InChI is InChI=1S/La.Na.O4Si/c;;1-5(2,3)4/q+3;+1;-4. The normalized spacial score (nSPS) is 8.57. The first-order valence-corrected chi connectivity index (χ1v) is 2.45. The number of hydrogen-bond acceptors (Lipinski definition) is 4. The summed E-state index contributed by atoms with van der Waals surface area (Å²) in [6.45, 7) is 0. The topological polar surface area (TPSA) is 92.2 Å². The minimum atomic E-state index is -5.61. The van der Waals surface area contributed by atoms with E-state index in [1.807, 2.05) is 0 Å². The van der Waals surface area contributed by atoms with Crippen molar-refractivity contribution in [2.75, 3.05) is 0 Å². The van der Waals surface area contributed by atoms with Crippen LogP contribution < -0.4 is 48.7 Å². The summed E-state index contributed by atoms with van der Waals surface area (Å²) in [6, 6.07) is 0. The van der Waals surface area contributed by atoms with E-state index < -0.39 is 9.05 Å². The van der Waals surface area contributed by atoms with Gasteiger partial charge in [-0.2, -0.15) is 0 Å². The van der Waals surface area contributed by atoms with Gasteiger partial charge in [-0.05, 0) is 0 Å². The van der Waals surface area contributed by atoms with Crippen molar-refractivity contribution >= 4 is 9.05 Å². The Kier molecular flexibility index (Phi) is 14.7. The molecule has 7 heavy (non-hydrogen) atoms. The van der Waals surface area contributed by atoms with Gasteiger partial charge in [-0.3, -0.25) is 0 Å². The summed E-state index contributed by atoms with van der Waals surface area (Å²) < 4.78 is 0. The maximum absolute atomic E-state index is 8.58. The molecule has 0 amide bonds. The minimum Gasteiger partial charge on any atom is -0.894 e. The van der Waals surface area contributed by atoms with Gasteiger partial charge in [0.1, 0.15) is 0 Å². The molecule has 0 aliphatic heterocycles. The third-order valence-corrected chi connectivity index (χ3v) is 0. The Bertz CT molecular complexity index is 27.2. The molecule has 0 fully saturated rings. The summed E-state index contributed by atoms with van der Waals surface area (Å²) in [5, 5.41) is 0. The SMILES string of the molecule is [La+3].[Na+].[O-][Si]([O-])([O-])[O-]. The van der Waals surface area contributed by atoms with Crippen LogP contribution in [0.3, 0.4) is 0 Å². The first-order chi connectivity index (χ1) is 2.00. The second-order valence-corrected chi connectivity index (χ2v) is 1.50. The quantitative estimate of drug-likeness (QED) is 0.401. The van der Waals surface area contributed by atoms with Gasteiger partial charge < -0.3 is 28.2 Å². The molecule has 0 spiro atoms. The maximum atomic E-state index is 8.58. The zero-order chi connectivity index (χ0) is 4.50. The van der Waals surface area contributed by atoms with Gasteiger partial charge in [-0.1, -0.05) is 0 Å². The Morgan fingerprint density at radius 2 is 0.857 bits per heavy atom. The fraction of sp³-hybridized carbons (Fsp3) is 0. The van der Waals surface area contributed by atoms with Crippen LogP contribution in [0.4, 0.5) is 0 Å². The van der Waals surface area contributed by atoms with Crippen LogP contribution in [-0.2, 0) is 0 Å². The Morgan fingerprint density at radius 1 is 0.857 bits per heavy atom. The number of hydrogen-bond donors (Lipinski definition) is 0. The Balaban J connectivity index is -0.0000000800. The molecule has 0 aromatic heterocycles. The summed E-state index contributed by atoms with van der Waals surface area (Å²) in [6.07, 6.45) is 0. The van der Waals surface area contributed by atoms with Crippen molar-refractivity contribution in [3.8, 4) is 0 Å². The molecule has 0 N–H and O–H groups in total. The zero-order valence-electron chi connectivity index (χ0n) is 3.71. The summed E-state index contributed by atoms with van der Waals surface area (Å²) in [5.74, 6) is 0. The molecule has 0 aromatic carbocycles. The molecule has 0 saturated heterocycles. The van der Waals surface area contributed by atoms with Crippen LogP contribution in [0.25, 0.3) is 0 Å². The van der Waals surface area contributed by atoms with Crippen LogP contribution >= 0.6 is 0 Å². The second-order valence-electron chi connectivity index (χ2n) is 0.500. The monoisotopic (exact) mass is 254 g/mol. The van der Waals surface area contributed by atoms with E-state index in [2.05, 4.69) is 0 Å². The molecular formula is LaNaO4Si. The summed E-state index contributed by atoms with van der Waals surface area (Å²) in [7, 11) is -5.61. The smallest absolute Gasteiger partial charge is 0.894 e. The van der Waals surface area contributed by atoms with Crippen molar-refractivity contribution in [2.24, 2.45) is 0 Å². The molecule has 0 atom stereocenters. The van der Waals surface area contributed by atoms with Gasteiger partial charge in [0.2, 0.25) is 0 Å². The zero-order valence-corrected chi connectivity index (χ0v) is 10.3. The van der Waals surface area contributed by atoms with Gasteiger partial charge in [0.05, 0.1) is 0 Å². The van der Waals surface area contributed by atoms with Crippen LogP contribution in [0.2, 0.25) is 0 Å². The van der Waals surface area contributed by atoms with Crippen molar-refractivity contribution < 1.29 is 84.3 Å². The molecule has 0 aromatic rings. The summed E-state index contributed by atoms with van der Waals surface area (Å²) >= 11 is 0. The largest absolute Gasteiger partial charge is 3.00 e. The van der Waals surface area contributed by atoms with Crippen molar-refractivity contribution in [1.29, 1.82) is 0 Å².